The minimum Gasteiger partial charge on any atom is -0.369 e. The van der Waals surface area contributed by atoms with Crippen molar-refractivity contribution < 1.29 is 9.59 Å². The third-order valence-electron chi connectivity index (χ3n) is 2.21. The highest BCUT2D eigenvalue weighted by atomic mass is 32.2. The molecule has 5 heteroatoms. The Hall–Kier alpha value is -0.680. The highest BCUT2D eigenvalue weighted by Crippen LogP contribution is 2.41. The Balaban J connectivity index is 2.54. The summed E-state index contributed by atoms with van der Waals surface area (Å²) in [6.07, 6.45) is 0. The third-order valence-corrected chi connectivity index (χ3v) is 4.04. The van der Waals surface area contributed by atoms with Gasteiger partial charge in [0.25, 0.3) is 0 Å². The van der Waals surface area contributed by atoms with Crippen LogP contribution in [-0.2, 0) is 9.59 Å². The van der Waals surface area contributed by atoms with Crippen LogP contribution in [0.3, 0.4) is 0 Å². The topological polar surface area (TPSA) is 46.2 Å². The fourth-order valence-electron chi connectivity index (χ4n) is 1.44. The van der Waals surface area contributed by atoms with Gasteiger partial charge in [-0.05, 0) is 13.8 Å². The molecule has 1 aliphatic heterocycles. The van der Waals surface area contributed by atoms with Gasteiger partial charge in [-0.2, -0.15) is 0 Å². The molecule has 0 saturated heterocycles. The zero-order valence-corrected chi connectivity index (χ0v) is 9.46. The van der Waals surface area contributed by atoms with Gasteiger partial charge in [0.05, 0.1) is 10.3 Å². The number of hydrogen-bond acceptors (Lipinski definition) is 5. The van der Waals surface area contributed by atoms with Gasteiger partial charge in [-0.1, -0.05) is 11.8 Å². The molecule has 1 N–H and O–H groups in total. The minimum atomic E-state index is -0.448. The molecule has 2 rings (SSSR count). The molecule has 3 nitrogen and oxygen atoms in total. The lowest BCUT2D eigenvalue weighted by Crippen LogP contribution is -2.29. The number of thioether (sulfide) groups is 1. The van der Waals surface area contributed by atoms with Crippen LogP contribution in [0.25, 0.3) is 0 Å². The molecule has 0 bridgehead atoms. The van der Waals surface area contributed by atoms with Crippen molar-refractivity contribution in [1.29, 1.82) is 0 Å². The Kier molecular flexibility index (Phi) is 2.23. The molecule has 0 aromatic heterocycles. The molecule has 1 atom stereocenters. The Morgan fingerprint density at radius 3 is 2.64 bits per heavy atom. The number of carbonyl (C=O) groups is 2. The SMILES string of the molecule is CC1=C(S)C2=C(NC(C)S2)C(=O)C1=O. The molecule has 0 saturated carbocycles. The first-order valence-electron chi connectivity index (χ1n) is 4.19. The van der Waals surface area contributed by atoms with Gasteiger partial charge < -0.3 is 5.32 Å². The van der Waals surface area contributed by atoms with Crippen LogP contribution >= 0.6 is 24.4 Å². The van der Waals surface area contributed by atoms with Crippen LogP contribution in [0.2, 0.25) is 0 Å². The van der Waals surface area contributed by atoms with E-state index in [2.05, 4.69) is 17.9 Å². The van der Waals surface area contributed by atoms with Crippen molar-refractivity contribution in [2.75, 3.05) is 0 Å². The molecular weight excluding hydrogens is 218 g/mol. The number of ketones is 2. The summed E-state index contributed by atoms with van der Waals surface area (Å²) in [6.45, 7) is 3.58. The first kappa shape index (κ1) is 9.86. The molecule has 0 amide bonds. The maximum atomic E-state index is 11.6. The molecule has 0 aromatic carbocycles. The summed E-state index contributed by atoms with van der Waals surface area (Å²) < 4.78 is 0. The lowest BCUT2D eigenvalue weighted by atomic mass is 10.0. The van der Waals surface area contributed by atoms with E-state index in [1.807, 2.05) is 6.92 Å². The second-order valence-electron chi connectivity index (χ2n) is 3.24. The van der Waals surface area contributed by atoms with Crippen LogP contribution in [0.5, 0.6) is 0 Å². The maximum Gasteiger partial charge on any atom is 0.250 e. The van der Waals surface area contributed by atoms with Gasteiger partial charge in [0.1, 0.15) is 5.70 Å². The smallest absolute Gasteiger partial charge is 0.250 e. The Morgan fingerprint density at radius 2 is 2.00 bits per heavy atom. The second-order valence-corrected chi connectivity index (χ2v) is 5.04. The molecule has 1 aliphatic carbocycles. The second kappa shape index (κ2) is 3.17. The normalized spacial score (nSPS) is 26.9. The van der Waals surface area contributed by atoms with Crippen molar-refractivity contribution in [3.8, 4) is 0 Å². The summed E-state index contributed by atoms with van der Waals surface area (Å²) in [5.41, 5.74) is 0.864. The summed E-state index contributed by atoms with van der Waals surface area (Å²) in [6, 6.07) is 0. The quantitative estimate of drug-likeness (QED) is 0.371. The van der Waals surface area contributed by atoms with Crippen LogP contribution in [-0.4, -0.2) is 16.9 Å². The number of carbonyl (C=O) groups excluding carboxylic acids is 2. The van der Waals surface area contributed by atoms with Gasteiger partial charge in [0.15, 0.2) is 0 Å². The summed E-state index contributed by atoms with van der Waals surface area (Å²) in [4.78, 5) is 24.4. The Bertz CT molecular complexity index is 401. The highest BCUT2D eigenvalue weighted by Gasteiger charge is 2.36. The monoisotopic (exact) mass is 227 g/mol. The van der Waals surface area contributed by atoms with Gasteiger partial charge in [-0.3, -0.25) is 9.59 Å². The van der Waals surface area contributed by atoms with E-state index in [-0.39, 0.29) is 5.37 Å². The van der Waals surface area contributed by atoms with Crippen molar-refractivity contribution in [2.24, 2.45) is 0 Å². The van der Waals surface area contributed by atoms with Gasteiger partial charge in [-0.15, -0.1) is 12.6 Å². The number of allylic oxidation sites excluding steroid dienone is 2. The van der Waals surface area contributed by atoms with Crippen LogP contribution in [0.15, 0.2) is 21.1 Å². The van der Waals surface area contributed by atoms with Crippen molar-refractivity contribution in [2.45, 2.75) is 19.2 Å². The van der Waals surface area contributed by atoms with E-state index in [4.69, 9.17) is 0 Å². The number of rotatable bonds is 0. The largest absolute Gasteiger partial charge is 0.369 e. The van der Waals surface area contributed by atoms with Crippen molar-refractivity contribution in [3.63, 3.8) is 0 Å². The molecule has 0 radical (unpaired) electrons. The zero-order valence-electron chi connectivity index (χ0n) is 7.75. The fourth-order valence-corrected chi connectivity index (χ4v) is 2.87. The number of nitrogens with one attached hydrogen (secondary N) is 1. The van der Waals surface area contributed by atoms with Crippen LogP contribution in [0.4, 0.5) is 0 Å². The predicted molar refractivity (Wildman–Crippen MR) is 58.9 cm³/mol. The first-order chi connectivity index (χ1) is 6.52. The van der Waals surface area contributed by atoms with Crippen molar-refractivity contribution in [1.82, 2.24) is 5.32 Å². The van der Waals surface area contributed by atoms with Crippen molar-refractivity contribution in [3.05, 3.63) is 21.1 Å². The van der Waals surface area contributed by atoms with Gasteiger partial charge in [-0.25, -0.2) is 0 Å². The molecule has 2 aliphatic rings. The summed E-state index contributed by atoms with van der Waals surface area (Å²) in [5.74, 6) is -0.886. The van der Waals surface area contributed by atoms with E-state index in [9.17, 15) is 9.59 Å². The summed E-state index contributed by atoms with van der Waals surface area (Å²) in [5, 5.41) is 3.11. The molecule has 1 unspecified atom stereocenters. The molecular formula is C9H9NO2S2. The molecule has 0 aromatic rings. The van der Waals surface area contributed by atoms with E-state index in [1.165, 1.54) is 11.8 Å². The van der Waals surface area contributed by atoms with Gasteiger partial charge >= 0.3 is 0 Å². The average molecular weight is 227 g/mol. The molecule has 14 heavy (non-hydrogen) atoms. The molecule has 74 valence electrons. The van der Waals surface area contributed by atoms with Gasteiger partial charge in [0.2, 0.25) is 11.6 Å². The number of hydrogen-bond donors (Lipinski definition) is 2. The van der Waals surface area contributed by atoms with E-state index in [0.717, 1.165) is 4.91 Å². The Morgan fingerprint density at radius 1 is 1.36 bits per heavy atom. The molecule has 0 spiro atoms. The zero-order chi connectivity index (χ0) is 10.5. The van der Waals surface area contributed by atoms with Crippen LogP contribution in [0, 0.1) is 0 Å². The van der Waals surface area contributed by atoms with E-state index >= 15 is 0 Å². The van der Waals surface area contributed by atoms with Crippen LogP contribution < -0.4 is 5.32 Å². The number of Topliss-reactive ketones (excluding diaryl/α,β-unsaturated/α-hetero) is 2. The van der Waals surface area contributed by atoms with E-state index in [0.29, 0.717) is 16.2 Å². The predicted octanol–water partition coefficient (Wildman–Crippen LogP) is 1.24. The van der Waals surface area contributed by atoms with Gasteiger partial charge in [0, 0.05) is 10.5 Å². The third kappa shape index (κ3) is 1.23. The highest BCUT2D eigenvalue weighted by molar-refractivity contribution is 8.05. The maximum absolute atomic E-state index is 11.6. The first-order valence-corrected chi connectivity index (χ1v) is 5.51. The molecule has 0 fully saturated rings. The standard InChI is InChI=1S/C9H9NO2S2/c1-3-6(11)7(12)5-9(8(3)13)14-4(2)10-5/h4,10,13H,1-2H3. The minimum absolute atomic E-state index is 0.129. The fraction of sp³-hybridized carbons (Fsp3) is 0.333. The van der Waals surface area contributed by atoms with E-state index in [1.54, 1.807) is 6.92 Å². The van der Waals surface area contributed by atoms with E-state index < -0.39 is 11.6 Å². The molecule has 1 heterocycles. The summed E-state index contributed by atoms with van der Waals surface area (Å²) in [7, 11) is 0. The lowest BCUT2D eigenvalue weighted by molar-refractivity contribution is -0.132. The van der Waals surface area contributed by atoms with Crippen LogP contribution in [0.1, 0.15) is 13.8 Å². The Labute approximate surface area is 91.4 Å². The average Bonchev–Trinajstić information content (AvgIpc) is 2.54. The van der Waals surface area contributed by atoms with Crippen molar-refractivity contribution >= 4 is 36.0 Å². The number of thiol groups is 1. The lowest BCUT2D eigenvalue weighted by Gasteiger charge is -2.13. The summed E-state index contributed by atoms with van der Waals surface area (Å²) >= 11 is 5.79.